The summed E-state index contributed by atoms with van der Waals surface area (Å²) in [5.74, 6) is 0. The number of alkyl halides is 3. The average Bonchev–Trinajstić information content (AvgIpc) is 2.77. The minimum absolute atomic E-state index is 0.364. The van der Waals surface area contributed by atoms with E-state index in [1.54, 1.807) is 12.1 Å². The molecule has 1 aromatic carbocycles. The van der Waals surface area contributed by atoms with E-state index in [-0.39, 0.29) is 0 Å². The minimum atomic E-state index is -4.26. The van der Waals surface area contributed by atoms with Gasteiger partial charge in [0.1, 0.15) is 0 Å². The normalized spacial score (nSPS) is 12.7. The Morgan fingerprint density at radius 3 is 1.95 bits per heavy atom. The van der Waals surface area contributed by atoms with Crippen molar-refractivity contribution >= 4 is 26.6 Å². The van der Waals surface area contributed by atoms with Gasteiger partial charge >= 0.3 is 118 Å². The van der Waals surface area contributed by atoms with Crippen molar-refractivity contribution in [1.29, 1.82) is 0 Å². The average molecular weight is 347 g/mol. The van der Waals surface area contributed by atoms with E-state index in [1.807, 2.05) is 0 Å². The Bertz CT molecular complexity index is 562. The van der Waals surface area contributed by atoms with E-state index < -0.39 is 19.8 Å². The predicted octanol–water partition coefficient (Wildman–Crippen LogP) is 3.97. The van der Waals surface area contributed by atoms with Crippen molar-refractivity contribution in [2.75, 3.05) is 0 Å². The maximum atomic E-state index is 12.5. The van der Waals surface area contributed by atoms with Crippen molar-refractivity contribution < 1.29 is 13.2 Å². The molecule has 0 aliphatic rings. The van der Waals surface area contributed by atoms with Gasteiger partial charge in [-0.05, 0) is 0 Å². The molecule has 0 saturated carbocycles. The Morgan fingerprint density at radius 1 is 0.947 bits per heavy atom. The molecule has 1 heterocycles. The van der Waals surface area contributed by atoms with Gasteiger partial charge < -0.3 is 0 Å². The summed E-state index contributed by atoms with van der Waals surface area (Å²) in [6.45, 7) is 6.89. The van der Waals surface area contributed by atoms with Gasteiger partial charge in [-0.2, -0.15) is 0 Å². The van der Waals surface area contributed by atoms with E-state index in [1.165, 1.54) is 4.06 Å². The molecule has 2 rings (SSSR count). The summed E-state index contributed by atoms with van der Waals surface area (Å²) in [5.41, 5.74) is 1.36. The summed E-state index contributed by atoms with van der Waals surface area (Å²) in [6, 6.07) is 7.62. The van der Waals surface area contributed by atoms with Crippen molar-refractivity contribution in [2.24, 2.45) is 0 Å². The van der Waals surface area contributed by atoms with Gasteiger partial charge in [0.15, 0.2) is 0 Å². The van der Waals surface area contributed by atoms with Gasteiger partial charge in [0.2, 0.25) is 0 Å². The van der Waals surface area contributed by atoms with Crippen LogP contribution in [0.5, 0.6) is 0 Å². The molecule has 2 aromatic rings. The topological polar surface area (TPSA) is 0 Å². The van der Waals surface area contributed by atoms with E-state index in [0.29, 0.717) is 14.5 Å². The summed E-state index contributed by atoms with van der Waals surface area (Å²) in [5, 5.41) is 0. The third kappa shape index (κ3) is 3.41. The Balaban J connectivity index is 2.31. The van der Waals surface area contributed by atoms with Crippen LogP contribution in [0.3, 0.4) is 0 Å². The Hall–Kier alpha value is -0.774. The molecule has 0 atom stereocenters. The van der Waals surface area contributed by atoms with Gasteiger partial charge in [0.25, 0.3) is 0 Å². The predicted molar refractivity (Wildman–Crippen MR) is 76.8 cm³/mol. The van der Waals surface area contributed by atoms with Gasteiger partial charge in [0, 0.05) is 0 Å². The first-order chi connectivity index (χ1) is 8.68. The van der Waals surface area contributed by atoms with Crippen LogP contribution in [0.4, 0.5) is 13.2 Å². The zero-order chi connectivity index (χ0) is 14.3. The second-order valence-electron chi connectivity index (χ2n) is 5.52. The quantitative estimate of drug-likeness (QED) is 0.721. The van der Waals surface area contributed by atoms with E-state index in [2.05, 4.69) is 30.6 Å². The molecule has 0 aliphatic carbocycles. The van der Waals surface area contributed by atoms with Crippen molar-refractivity contribution in [3.05, 3.63) is 40.8 Å². The molecule has 0 radical (unpaired) electrons. The van der Waals surface area contributed by atoms with Crippen LogP contribution < -0.4 is 4.06 Å². The Morgan fingerprint density at radius 2 is 1.53 bits per heavy atom. The maximum absolute atomic E-state index is 12.5. The fourth-order valence-electron chi connectivity index (χ4n) is 1.73. The molecule has 0 fully saturated rings. The van der Waals surface area contributed by atoms with E-state index in [0.717, 1.165) is 23.3 Å². The SMILES string of the molecule is C[Si](C)(C)c1cc(-c2ccc(C(F)(F)F)cc2)c[se]1. The molecule has 0 N–H and O–H groups in total. The van der Waals surface area contributed by atoms with Crippen molar-refractivity contribution in [2.45, 2.75) is 25.8 Å². The summed E-state index contributed by atoms with van der Waals surface area (Å²) >= 11 is 0.364. The van der Waals surface area contributed by atoms with E-state index >= 15 is 0 Å². The number of hydrogen-bond acceptors (Lipinski definition) is 0. The van der Waals surface area contributed by atoms with Crippen molar-refractivity contribution in [3.63, 3.8) is 0 Å². The number of rotatable bonds is 2. The van der Waals surface area contributed by atoms with Crippen LogP contribution in [0.15, 0.2) is 35.3 Å². The number of hydrogen-bond donors (Lipinski definition) is 0. The second-order valence-corrected chi connectivity index (χ2v) is 13.3. The third-order valence-corrected chi connectivity index (χ3v) is 10.5. The van der Waals surface area contributed by atoms with Gasteiger partial charge in [-0.15, -0.1) is 0 Å². The van der Waals surface area contributed by atoms with Crippen molar-refractivity contribution in [3.8, 4) is 11.1 Å². The van der Waals surface area contributed by atoms with Gasteiger partial charge in [-0.3, -0.25) is 0 Å². The molecule has 5 heteroatoms. The monoisotopic (exact) mass is 348 g/mol. The van der Waals surface area contributed by atoms with Crippen LogP contribution in [0.2, 0.25) is 19.6 Å². The van der Waals surface area contributed by atoms with Crippen LogP contribution >= 0.6 is 0 Å². The fraction of sp³-hybridized carbons (Fsp3) is 0.286. The molecule has 19 heavy (non-hydrogen) atoms. The molecule has 0 saturated heterocycles. The number of halogens is 3. The Kier molecular flexibility index (Phi) is 3.82. The Labute approximate surface area is 118 Å². The third-order valence-electron chi connectivity index (χ3n) is 2.88. The van der Waals surface area contributed by atoms with Gasteiger partial charge in [0.05, 0.1) is 0 Å². The van der Waals surface area contributed by atoms with Crippen LogP contribution in [0, 0.1) is 0 Å². The second kappa shape index (κ2) is 4.96. The number of benzene rings is 1. The molecule has 0 bridgehead atoms. The first kappa shape index (κ1) is 14.6. The summed E-state index contributed by atoms with van der Waals surface area (Å²) in [7, 11) is -1.28. The zero-order valence-electron chi connectivity index (χ0n) is 11.0. The first-order valence-corrected chi connectivity index (χ1v) is 11.3. The molecule has 1 aromatic heterocycles. The molecule has 0 amide bonds. The molecule has 0 spiro atoms. The van der Waals surface area contributed by atoms with E-state index in [4.69, 9.17) is 0 Å². The van der Waals surface area contributed by atoms with Crippen LogP contribution in [-0.4, -0.2) is 22.6 Å². The van der Waals surface area contributed by atoms with Gasteiger partial charge in [-0.25, -0.2) is 0 Å². The standard InChI is InChI=1S/C14H15F3SeSi/c1-19(2,3)13-8-11(9-18-13)10-4-6-12(7-5-10)14(15,16)17/h4-9H,1-3H3. The molecule has 0 nitrogen and oxygen atoms in total. The molecular weight excluding hydrogens is 332 g/mol. The summed E-state index contributed by atoms with van der Waals surface area (Å²) < 4.78 is 39.0. The van der Waals surface area contributed by atoms with E-state index in [9.17, 15) is 13.2 Å². The summed E-state index contributed by atoms with van der Waals surface area (Å²) in [6.07, 6.45) is -4.26. The summed E-state index contributed by atoms with van der Waals surface area (Å²) in [4.78, 5) is 2.17. The van der Waals surface area contributed by atoms with Gasteiger partial charge in [-0.1, -0.05) is 0 Å². The fourth-order valence-corrected chi connectivity index (χ4v) is 6.58. The van der Waals surface area contributed by atoms with Crippen LogP contribution in [0.25, 0.3) is 11.1 Å². The zero-order valence-corrected chi connectivity index (χ0v) is 13.7. The molecule has 0 unspecified atom stereocenters. The molecule has 0 aliphatic heterocycles. The van der Waals surface area contributed by atoms with Crippen molar-refractivity contribution in [1.82, 2.24) is 0 Å². The first-order valence-electron chi connectivity index (χ1n) is 5.94. The van der Waals surface area contributed by atoms with Crippen LogP contribution in [-0.2, 0) is 6.18 Å². The molecule has 102 valence electrons. The molecular formula is C14H15F3SeSi. The van der Waals surface area contributed by atoms with Crippen LogP contribution in [0.1, 0.15) is 5.56 Å².